The number of ether oxygens (including phenoxy) is 1. The van der Waals surface area contributed by atoms with Gasteiger partial charge in [-0.05, 0) is 73.3 Å². The van der Waals surface area contributed by atoms with E-state index in [0.717, 1.165) is 17.5 Å². The Hall–Kier alpha value is -2.71. The highest BCUT2D eigenvalue weighted by atomic mass is 32.2. The minimum Gasteiger partial charge on any atom is -0.434 e. The molecule has 1 fully saturated rings. The third kappa shape index (κ3) is 3.30. The molecule has 1 unspecified atom stereocenters. The second-order valence-electron chi connectivity index (χ2n) is 9.89. The van der Waals surface area contributed by atoms with E-state index < -0.39 is 23.0 Å². The number of alkyl halides is 2. The molecule has 0 spiro atoms. The van der Waals surface area contributed by atoms with Gasteiger partial charge in [-0.3, -0.25) is 4.21 Å². The van der Waals surface area contributed by atoms with E-state index in [-0.39, 0.29) is 28.8 Å². The average molecular weight is 483 g/mol. The summed E-state index contributed by atoms with van der Waals surface area (Å²) < 4.78 is 44.6. The van der Waals surface area contributed by atoms with Gasteiger partial charge in [0.15, 0.2) is 5.82 Å². The molecule has 2 heterocycles. The third-order valence-electron chi connectivity index (χ3n) is 7.46. The average Bonchev–Trinajstić information content (AvgIpc) is 3.32. The maximum Gasteiger partial charge on any atom is 0.387 e. The second kappa shape index (κ2) is 7.65. The smallest absolute Gasteiger partial charge is 0.387 e. The molecule has 6 rings (SSSR count). The van der Waals surface area contributed by atoms with Gasteiger partial charge in [-0.2, -0.15) is 8.78 Å². The van der Waals surface area contributed by atoms with Crippen molar-refractivity contribution >= 4 is 10.8 Å². The molecule has 5 atom stereocenters. The Morgan fingerprint density at radius 3 is 2.62 bits per heavy atom. The summed E-state index contributed by atoms with van der Waals surface area (Å²) in [6, 6.07) is 11.3. The number of aliphatic hydroxyl groups is 1. The highest BCUT2D eigenvalue weighted by Gasteiger charge is 2.55. The topological polar surface area (TPSA) is 72.3 Å². The molecule has 2 aliphatic carbocycles. The Morgan fingerprint density at radius 2 is 1.91 bits per heavy atom. The maximum absolute atomic E-state index is 13.4. The standard InChI is InChI=1S/C26H24F2N2O3S/c1-26(2,31)24-29-11-15(12-30-24)13-6-7-14-9-17-21-10-18(22(17)16(14)8-13)23-19(33-25(27)28)4-3-5-20(23)34(21)32/h3-8,11-12,17-18,21-22,25,31H,9-10H2,1-2H3/t17?,18-,21-,22+,34+/m1/s1. The van der Waals surface area contributed by atoms with Gasteiger partial charge in [0.05, 0.1) is 10.8 Å². The van der Waals surface area contributed by atoms with E-state index in [2.05, 4.69) is 22.1 Å². The summed E-state index contributed by atoms with van der Waals surface area (Å²) >= 11 is 0. The normalized spacial score (nSPS) is 26.8. The molecule has 3 aliphatic rings. The molecule has 2 aromatic carbocycles. The number of hydrogen-bond donors (Lipinski definition) is 1. The van der Waals surface area contributed by atoms with Crippen LogP contribution in [-0.2, 0) is 22.8 Å². The highest BCUT2D eigenvalue weighted by molar-refractivity contribution is 7.85. The van der Waals surface area contributed by atoms with Crippen LogP contribution in [-0.4, -0.2) is 31.1 Å². The molecule has 176 valence electrons. The van der Waals surface area contributed by atoms with Gasteiger partial charge in [0.1, 0.15) is 11.4 Å². The Labute approximate surface area is 198 Å². The quantitative estimate of drug-likeness (QED) is 0.572. The number of aromatic nitrogens is 2. The summed E-state index contributed by atoms with van der Waals surface area (Å²) in [4.78, 5) is 9.30. The van der Waals surface area contributed by atoms with Crippen LogP contribution in [0.25, 0.3) is 11.1 Å². The van der Waals surface area contributed by atoms with Crippen molar-refractivity contribution in [3.8, 4) is 16.9 Å². The summed E-state index contributed by atoms with van der Waals surface area (Å²) in [6.07, 6.45) is 4.97. The SMILES string of the molecule is CC(C)(O)c1ncc(-c2ccc3c(c2)[C@H]2C(C3)[C@H]3C[C@H]2c2c(OC(F)F)cccc2[S@@]3=O)cn1. The molecule has 34 heavy (non-hydrogen) atoms. The van der Waals surface area contributed by atoms with Gasteiger partial charge in [-0.15, -0.1) is 0 Å². The van der Waals surface area contributed by atoms with Gasteiger partial charge in [0.25, 0.3) is 0 Å². The number of hydrogen-bond acceptors (Lipinski definition) is 5. The predicted octanol–water partition coefficient (Wildman–Crippen LogP) is 4.91. The largest absolute Gasteiger partial charge is 0.434 e. The lowest BCUT2D eigenvalue weighted by Crippen LogP contribution is -2.24. The number of fused-ring (bicyclic) bond motifs is 9. The van der Waals surface area contributed by atoms with E-state index in [0.29, 0.717) is 22.7 Å². The lowest BCUT2D eigenvalue weighted by Gasteiger charge is -2.27. The minimum atomic E-state index is -2.93. The number of halogens is 2. The summed E-state index contributed by atoms with van der Waals surface area (Å²) in [5.41, 5.74) is 3.76. The van der Waals surface area contributed by atoms with Crippen LogP contribution < -0.4 is 4.74 Å². The van der Waals surface area contributed by atoms with Crippen LogP contribution in [0.5, 0.6) is 5.75 Å². The molecule has 0 saturated heterocycles. The van der Waals surface area contributed by atoms with Crippen LogP contribution in [0, 0.1) is 5.92 Å². The van der Waals surface area contributed by atoms with Gasteiger partial charge in [0, 0.05) is 33.7 Å². The molecule has 1 aromatic heterocycles. The predicted molar refractivity (Wildman–Crippen MR) is 123 cm³/mol. The zero-order valence-corrected chi connectivity index (χ0v) is 19.6. The minimum absolute atomic E-state index is 0.00884. The van der Waals surface area contributed by atoms with Gasteiger partial charge < -0.3 is 9.84 Å². The van der Waals surface area contributed by atoms with Crippen molar-refractivity contribution in [2.45, 2.75) is 60.9 Å². The van der Waals surface area contributed by atoms with Crippen LogP contribution in [0.2, 0.25) is 0 Å². The third-order valence-corrected chi connectivity index (χ3v) is 9.34. The fourth-order valence-electron chi connectivity index (χ4n) is 6.09. The lowest BCUT2D eigenvalue weighted by molar-refractivity contribution is -0.0508. The van der Waals surface area contributed by atoms with E-state index in [1.54, 1.807) is 44.4 Å². The molecule has 8 heteroatoms. The monoisotopic (exact) mass is 482 g/mol. The molecular formula is C26H24F2N2O3S. The summed E-state index contributed by atoms with van der Waals surface area (Å²) in [5.74, 6) is 0.793. The lowest BCUT2D eigenvalue weighted by atomic mass is 9.82. The van der Waals surface area contributed by atoms with Crippen molar-refractivity contribution in [2.75, 3.05) is 0 Å². The molecule has 3 aromatic rings. The van der Waals surface area contributed by atoms with Crippen molar-refractivity contribution in [3.05, 3.63) is 71.3 Å². The van der Waals surface area contributed by atoms with E-state index in [1.807, 2.05) is 6.07 Å². The van der Waals surface area contributed by atoms with E-state index in [9.17, 15) is 18.1 Å². The van der Waals surface area contributed by atoms with Crippen LogP contribution in [0.15, 0.2) is 53.7 Å². The Bertz CT molecular complexity index is 1310. The van der Waals surface area contributed by atoms with Crippen LogP contribution in [0.1, 0.15) is 54.6 Å². The molecule has 5 nitrogen and oxygen atoms in total. The van der Waals surface area contributed by atoms with Gasteiger partial charge in [-0.1, -0.05) is 24.3 Å². The highest BCUT2D eigenvalue weighted by Crippen LogP contribution is 2.62. The number of benzene rings is 2. The molecule has 1 saturated carbocycles. The second-order valence-corrected chi connectivity index (χ2v) is 11.5. The molecular weight excluding hydrogens is 458 g/mol. The maximum atomic E-state index is 13.4. The van der Waals surface area contributed by atoms with E-state index in [4.69, 9.17) is 4.74 Å². The van der Waals surface area contributed by atoms with Gasteiger partial charge in [-0.25, -0.2) is 9.97 Å². The van der Waals surface area contributed by atoms with Crippen molar-refractivity contribution in [3.63, 3.8) is 0 Å². The zero-order chi connectivity index (χ0) is 23.8. The first-order valence-electron chi connectivity index (χ1n) is 11.4. The van der Waals surface area contributed by atoms with Crippen molar-refractivity contribution in [1.82, 2.24) is 9.97 Å². The molecule has 0 amide bonds. The molecule has 1 N–H and O–H groups in total. The molecule has 2 bridgehead atoms. The van der Waals surface area contributed by atoms with Crippen LogP contribution >= 0.6 is 0 Å². The molecule has 0 radical (unpaired) electrons. The zero-order valence-electron chi connectivity index (χ0n) is 18.7. The Kier molecular flexibility index (Phi) is 4.90. The Balaban J connectivity index is 1.42. The van der Waals surface area contributed by atoms with Crippen molar-refractivity contribution in [2.24, 2.45) is 5.92 Å². The first kappa shape index (κ1) is 21.8. The first-order valence-corrected chi connectivity index (χ1v) is 12.6. The summed E-state index contributed by atoms with van der Waals surface area (Å²) in [7, 11) is -1.26. The van der Waals surface area contributed by atoms with Crippen LogP contribution in [0.3, 0.4) is 0 Å². The fourth-order valence-corrected chi connectivity index (χ4v) is 8.07. The van der Waals surface area contributed by atoms with Gasteiger partial charge >= 0.3 is 6.61 Å². The fraction of sp³-hybridized carbons (Fsp3) is 0.385. The summed E-state index contributed by atoms with van der Waals surface area (Å²) in [5, 5.41) is 10.1. The van der Waals surface area contributed by atoms with E-state index in [1.165, 1.54) is 11.1 Å². The molecule has 1 aliphatic heterocycles. The van der Waals surface area contributed by atoms with E-state index >= 15 is 0 Å². The van der Waals surface area contributed by atoms with Crippen LogP contribution in [0.4, 0.5) is 8.78 Å². The van der Waals surface area contributed by atoms with Crippen molar-refractivity contribution < 1.29 is 22.8 Å². The van der Waals surface area contributed by atoms with Crippen molar-refractivity contribution in [1.29, 1.82) is 0 Å². The number of nitrogens with zero attached hydrogens (tertiary/aromatic N) is 2. The summed E-state index contributed by atoms with van der Waals surface area (Å²) in [6.45, 7) is 0.358. The Morgan fingerprint density at radius 1 is 1.15 bits per heavy atom. The van der Waals surface area contributed by atoms with Gasteiger partial charge in [0.2, 0.25) is 0 Å². The first-order chi connectivity index (χ1) is 16.2. The number of rotatable bonds is 4.